The molecule has 0 unspecified atom stereocenters. The van der Waals surface area contributed by atoms with Crippen molar-refractivity contribution in [1.29, 1.82) is 0 Å². The number of carbonyl (C=O) groups excluding carboxylic acids is 1. The number of terminal acetylenes is 1. The fraction of sp³-hybridized carbons (Fsp3) is 0.357. The number of Topliss-reactive ketones (excluding diaryl/α,β-unsaturated/α-hetero) is 1. The van der Waals surface area contributed by atoms with Gasteiger partial charge in [-0.05, 0) is 32.0 Å². The second-order valence-electron chi connectivity index (χ2n) is 4.37. The van der Waals surface area contributed by atoms with E-state index in [2.05, 4.69) is 5.92 Å². The van der Waals surface area contributed by atoms with Crippen LogP contribution < -0.4 is 0 Å². The van der Waals surface area contributed by atoms with Gasteiger partial charge in [0.05, 0.1) is 16.6 Å². The lowest BCUT2D eigenvalue weighted by Gasteiger charge is -2.09. The number of hydrogen-bond acceptors (Lipinski definition) is 4. The van der Waals surface area contributed by atoms with Crippen molar-refractivity contribution in [3.05, 3.63) is 29.6 Å². The Bertz CT molecular complexity index is 642. The van der Waals surface area contributed by atoms with Crippen molar-refractivity contribution in [3.63, 3.8) is 0 Å². The molecule has 6 heteroatoms. The molecule has 0 saturated carbocycles. The molecule has 1 rings (SSSR count). The molecule has 0 aliphatic carbocycles. The summed E-state index contributed by atoms with van der Waals surface area (Å²) in [6.07, 6.45) is 4.61. The summed E-state index contributed by atoms with van der Waals surface area (Å²) >= 11 is 0. The SMILES string of the molecule is C#CCCC(=O)c1cc(S(=O)(=O)OC(C)C)ccc1F. The molecule has 1 aromatic carbocycles. The molecular weight excluding hydrogens is 283 g/mol. The van der Waals surface area contributed by atoms with Crippen molar-refractivity contribution in [2.24, 2.45) is 0 Å². The highest BCUT2D eigenvalue weighted by Crippen LogP contribution is 2.19. The lowest BCUT2D eigenvalue weighted by Crippen LogP contribution is -2.13. The number of carbonyl (C=O) groups is 1. The van der Waals surface area contributed by atoms with Crippen LogP contribution in [0.1, 0.15) is 37.0 Å². The minimum absolute atomic E-state index is 0.0397. The molecule has 0 aliphatic rings. The summed E-state index contributed by atoms with van der Waals surface area (Å²) in [5.74, 6) is 0.951. The van der Waals surface area contributed by atoms with E-state index in [9.17, 15) is 17.6 Å². The molecule has 1 aromatic rings. The number of ketones is 1. The summed E-state index contributed by atoms with van der Waals surface area (Å²) in [6, 6.07) is 2.97. The standard InChI is InChI=1S/C14H15FO4S/c1-4-5-6-14(16)12-9-11(7-8-13(12)15)20(17,18)19-10(2)3/h1,7-10H,5-6H2,2-3H3. The van der Waals surface area contributed by atoms with Gasteiger partial charge in [-0.1, -0.05) is 0 Å². The molecule has 108 valence electrons. The van der Waals surface area contributed by atoms with E-state index in [1.807, 2.05) is 0 Å². The molecule has 0 bridgehead atoms. The molecule has 0 amide bonds. The van der Waals surface area contributed by atoms with Gasteiger partial charge in [-0.15, -0.1) is 12.3 Å². The third-order valence-electron chi connectivity index (χ3n) is 2.34. The van der Waals surface area contributed by atoms with Crippen LogP contribution in [0.4, 0.5) is 4.39 Å². The topological polar surface area (TPSA) is 60.4 Å². The second-order valence-corrected chi connectivity index (χ2v) is 5.94. The van der Waals surface area contributed by atoms with Gasteiger partial charge in [0.15, 0.2) is 5.78 Å². The van der Waals surface area contributed by atoms with Crippen LogP contribution in [0.3, 0.4) is 0 Å². The quantitative estimate of drug-likeness (QED) is 0.460. The van der Waals surface area contributed by atoms with Gasteiger partial charge in [-0.25, -0.2) is 4.39 Å². The van der Waals surface area contributed by atoms with Crippen LogP contribution in [-0.2, 0) is 14.3 Å². The molecule has 0 fully saturated rings. The van der Waals surface area contributed by atoms with Crippen LogP contribution in [0.25, 0.3) is 0 Å². The summed E-state index contributed by atoms with van der Waals surface area (Å²) in [5, 5.41) is 0. The predicted octanol–water partition coefficient (Wildman–Crippen LogP) is 2.54. The van der Waals surface area contributed by atoms with Crippen LogP contribution in [0.5, 0.6) is 0 Å². The molecule has 0 spiro atoms. The molecule has 0 saturated heterocycles. The van der Waals surface area contributed by atoms with Crippen molar-refractivity contribution in [1.82, 2.24) is 0 Å². The molecule has 0 aliphatic heterocycles. The summed E-state index contributed by atoms with van der Waals surface area (Å²) in [4.78, 5) is 11.5. The maximum absolute atomic E-state index is 13.6. The van der Waals surface area contributed by atoms with E-state index in [0.717, 1.165) is 18.2 Å². The summed E-state index contributed by atoms with van der Waals surface area (Å²) < 4.78 is 42.1. The number of rotatable bonds is 6. The Balaban J connectivity index is 3.15. The third-order valence-corrected chi connectivity index (χ3v) is 3.81. The monoisotopic (exact) mass is 298 g/mol. The zero-order valence-corrected chi connectivity index (χ0v) is 12.0. The van der Waals surface area contributed by atoms with Crippen molar-refractivity contribution in [2.75, 3.05) is 0 Å². The van der Waals surface area contributed by atoms with E-state index in [4.69, 9.17) is 10.6 Å². The van der Waals surface area contributed by atoms with Gasteiger partial charge < -0.3 is 0 Å². The van der Waals surface area contributed by atoms with E-state index in [0.29, 0.717) is 0 Å². The molecular formula is C14H15FO4S. The maximum Gasteiger partial charge on any atom is 0.297 e. The molecule has 4 nitrogen and oxygen atoms in total. The fourth-order valence-corrected chi connectivity index (χ4v) is 2.62. The second kappa shape index (κ2) is 6.64. The Morgan fingerprint density at radius 3 is 2.65 bits per heavy atom. The van der Waals surface area contributed by atoms with E-state index in [-0.39, 0.29) is 23.3 Å². The first kappa shape index (κ1) is 16.3. The first-order valence-corrected chi connectivity index (χ1v) is 7.38. The van der Waals surface area contributed by atoms with Crippen LogP contribution in [0.2, 0.25) is 0 Å². The van der Waals surface area contributed by atoms with Crippen LogP contribution >= 0.6 is 0 Å². The first-order valence-electron chi connectivity index (χ1n) is 5.97. The molecule has 0 N–H and O–H groups in total. The smallest absolute Gasteiger partial charge is 0.294 e. The van der Waals surface area contributed by atoms with Gasteiger partial charge in [0, 0.05) is 12.8 Å². The van der Waals surface area contributed by atoms with Crippen LogP contribution in [0.15, 0.2) is 23.1 Å². The van der Waals surface area contributed by atoms with E-state index in [1.165, 1.54) is 0 Å². The Morgan fingerprint density at radius 2 is 2.10 bits per heavy atom. The minimum atomic E-state index is -4.01. The normalized spacial score (nSPS) is 11.3. The highest BCUT2D eigenvalue weighted by Gasteiger charge is 2.21. The zero-order chi connectivity index (χ0) is 15.3. The Labute approximate surface area is 118 Å². The average Bonchev–Trinajstić information content (AvgIpc) is 2.34. The maximum atomic E-state index is 13.6. The highest BCUT2D eigenvalue weighted by atomic mass is 32.2. The number of hydrogen-bond donors (Lipinski definition) is 0. The summed E-state index contributed by atoms with van der Waals surface area (Å²) in [7, 11) is -4.01. The Kier molecular flexibility index (Phi) is 5.43. The lowest BCUT2D eigenvalue weighted by atomic mass is 10.1. The van der Waals surface area contributed by atoms with Gasteiger partial charge in [-0.2, -0.15) is 8.42 Å². The van der Waals surface area contributed by atoms with E-state index < -0.39 is 27.8 Å². The van der Waals surface area contributed by atoms with Crippen LogP contribution in [0, 0.1) is 18.2 Å². The van der Waals surface area contributed by atoms with Crippen molar-refractivity contribution >= 4 is 15.9 Å². The first-order chi connectivity index (χ1) is 9.27. The molecule has 0 radical (unpaired) electrons. The van der Waals surface area contributed by atoms with Crippen molar-refractivity contribution < 1.29 is 21.8 Å². The van der Waals surface area contributed by atoms with Crippen molar-refractivity contribution in [2.45, 2.75) is 37.7 Å². The Hall–Kier alpha value is -1.71. The van der Waals surface area contributed by atoms with E-state index in [1.54, 1.807) is 13.8 Å². The van der Waals surface area contributed by atoms with Gasteiger partial charge in [0.25, 0.3) is 10.1 Å². The third kappa shape index (κ3) is 4.15. The van der Waals surface area contributed by atoms with E-state index >= 15 is 0 Å². The fourth-order valence-electron chi connectivity index (χ4n) is 1.50. The van der Waals surface area contributed by atoms with Gasteiger partial charge in [0.2, 0.25) is 0 Å². The largest absolute Gasteiger partial charge is 0.297 e. The Morgan fingerprint density at radius 1 is 1.45 bits per heavy atom. The molecule has 0 atom stereocenters. The summed E-state index contributed by atoms with van der Waals surface area (Å²) in [6.45, 7) is 3.11. The summed E-state index contributed by atoms with van der Waals surface area (Å²) in [5.41, 5.74) is -0.298. The van der Waals surface area contributed by atoms with Gasteiger partial charge in [-0.3, -0.25) is 8.98 Å². The minimum Gasteiger partial charge on any atom is -0.294 e. The number of halogens is 1. The zero-order valence-electron chi connectivity index (χ0n) is 11.2. The average molecular weight is 298 g/mol. The molecule has 0 heterocycles. The molecule has 20 heavy (non-hydrogen) atoms. The van der Waals surface area contributed by atoms with Gasteiger partial charge in [0.1, 0.15) is 5.82 Å². The number of benzene rings is 1. The van der Waals surface area contributed by atoms with Crippen molar-refractivity contribution in [3.8, 4) is 12.3 Å². The molecule has 0 aromatic heterocycles. The van der Waals surface area contributed by atoms with Crippen LogP contribution in [-0.4, -0.2) is 20.3 Å². The highest BCUT2D eigenvalue weighted by molar-refractivity contribution is 7.86. The van der Waals surface area contributed by atoms with Gasteiger partial charge >= 0.3 is 0 Å². The lowest BCUT2D eigenvalue weighted by molar-refractivity contribution is 0.0980. The predicted molar refractivity (Wildman–Crippen MR) is 72.2 cm³/mol.